The highest BCUT2D eigenvalue weighted by Crippen LogP contribution is 2.24. The van der Waals surface area contributed by atoms with Gasteiger partial charge in [0.25, 0.3) is 5.91 Å². The van der Waals surface area contributed by atoms with E-state index < -0.39 is 0 Å². The molecule has 3 aromatic rings. The Morgan fingerprint density at radius 2 is 1.85 bits per heavy atom. The summed E-state index contributed by atoms with van der Waals surface area (Å²) in [5, 5.41) is 6.82. The van der Waals surface area contributed by atoms with Gasteiger partial charge in [0.1, 0.15) is 12.4 Å². The van der Waals surface area contributed by atoms with Gasteiger partial charge in [-0.15, -0.1) is 0 Å². The van der Waals surface area contributed by atoms with E-state index in [0.29, 0.717) is 41.0 Å². The third-order valence-corrected chi connectivity index (χ3v) is 5.91. The minimum absolute atomic E-state index is 0.0248. The second-order valence-electron chi connectivity index (χ2n) is 7.64. The van der Waals surface area contributed by atoms with Crippen LogP contribution >= 0.6 is 23.2 Å². The molecule has 2 N–H and O–H groups in total. The Labute approximate surface area is 202 Å². The summed E-state index contributed by atoms with van der Waals surface area (Å²) in [7, 11) is 0. The summed E-state index contributed by atoms with van der Waals surface area (Å²) >= 11 is 12.2. The second kappa shape index (κ2) is 10.6. The standard InChI is InChI=1S/C25H23Cl2N3O3/c26-19-8-7-18(22(27)13-19)16-33-23-4-2-1-3-21(23)25(32)29-14-17-5-9-20(10-6-17)30-12-11-28-24(31)15-30/h1-10,13H,11-12,14-16H2,(H,28,31)(H,29,32). The third-order valence-electron chi connectivity index (χ3n) is 5.32. The maximum Gasteiger partial charge on any atom is 0.255 e. The Bertz CT molecular complexity index is 1150. The molecular weight excluding hydrogens is 461 g/mol. The quantitative estimate of drug-likeness (QED) is 0.521. The summed E-state index contributed by atoms with van der Waals surface area (Å²) in [6, 6.07) is 20.1. The number of benzene rings is 3. The minimum atomic E-state index is -0.232. The van der Waals surface area contributed by atoms with Crippen LogP contribution in [0.15, 0.2) is 66.7 Å². The monoisotopic (exact) mass is 483 g/mol. The number of hydrogen-bond donors (Lipinski definition) is 2. The van der Waals surface area contributed by atoms with Gasteiger partial charge in [-0.25, -0.2) is 0 Å². The zero-order chi connectivity index (χ0) is 23.2. The van der Waals surface area contributed by atoms with Crippen LogP contribution in [0.3, 0.4) is 0 Å². The van der Waals surface area contributed by atoms with Gasteiger partial charge in [0, 0.05) is 40.9 Å². The molecule has 0 aromatic heterocycles. The summed E-state index contributed by atoms with van der Waals surface area (Å²) in [5.41, 5.74) is 3.17. The van der Waals surface area contributed by atoms with Crippen molar-refractivity contribution in [1.82, 2.24) is 10.6 Å². The maximum absolute atomic E-state index is 12.8. The van der Waals surface area contributed by atoms with E-state index in [0.717, 1.165) is 23.4 Å². The lowest BCUT2D eigenvalue weighted by Gasteiger charge is -2.28. The average Bonchev–Trinajstić information content (AvgIpc) is 2.82. The molecule has 1 fully saturated rings. The van der Waals surface area contributed by atoms with Crippen LogP contribution in [0.5, 0.6) is 5.75 Å². The lowest BCUT2D eigenvalue weighted by Crippen LogP contribution is -2.47. The molecule has 1 aliphatic heterocycles. The molecule has 170 valence electrons. The first-order valence-electron chi connectivity index (χ1n) is 10.5. The largest absolute Gasteiger partial charge is 0.488 e. The van der Waals surface area contributed by atoms with Crippen molar-refractivity contribution in [3.63, 3.8) is 0 Å². The Morgan fingerprint density at radius 3 is 2.61 bits per heavy atom. The number of rotatable bonds is 7. The molecule has 8 heteroatoms. The lowest BCUT2D eigenvalue weighted by atomic mass is 10.1. The molecule has 0 spiro atoms. The van der Waals surface area contributed by atoms with E-state index >= 15 is 0 Å². The number of carbonyl (C=O) groups is 2. The Morgan fingerprint density at radius 1 is 1.06 bits per heavy atom. The van der Waals surface area contributed by atoms with Crippen LogP contribution in [-0.4, -0.2) is 31.4 Å². The molecule has 1 saturated heterocycles. The lowest BCUT2D eigenvalue weighted by molar-refractivity contribution is -0.120. The zero-order valence-corrected chi connectivity index (χ0v) is 19.3. The zero-order valence-electron chi connectivity index (χ0n) is 17.8. The van der Waals surface area contributed by atoms with Gasteiger partial charge in [0.15, 0.2) is 0 Å². The van der Waals surface area contributed by atoms with Gasteiger partial charge >= 0.3 is 0 Å². The predicted molar refractivity (Wildman–Crippen MR) is 130 cm³/mol. The van der Waals surface area contributed by atoms with Crippen molar-refractivity contribution in [3.8, 4) is 5.75 Å². The van der Waals surface area contributed by atoms with Gasteiger partial charge in [-0.3, -0.25) is 9.59 Å². The summed E-state index contributed by atoms with van der Waals surface area (Å²) in [5.74, 6) is 0.265. The summed E-state index contributed by atoms with van der Waals surface area (Å²) in [4.78, 5) is 26.4. The minimum Gasteiger partial charge on any atom is -0.488 e. The number of piperazine rings is 1. The van der Waals surface area contributed by atoms with Crippen molar-refractivity contribution in [3.05, 3.63) is 93.5 Å². The van der Waals surface area contributed by atoms with E-state index in [1.54, 1.807) is 36.4 Å². The molecule has 0 atom stereocenters. The summed E-state index contributed by atoms with van der Waals surface area (Å²) in [6.07, 6.45) is 0. The molecule has 0 aliphatic carbocycles. The number of nitrogens with one attached hydrogen (secondary N) is 2. The van der Waals surface area contributed by atoms with Gasteiger partial charge < -0.3 is 20.3 Å². The van der Waals surface area contributed by atoms with Gasteiger partial charge in [0.2, 0.25) is 5.91 Å². The molecule has 4 rings (SSSR count). The molecule has 2 amide bonds. The molecule has 0 saturated carbocycles. The van der Waals surface area contributed by atoms with Gasteiger partial charge in [-0.05, 0) is 42.0 Å². The summed E-state index contributed by atoms with van der Waals surface area (Å²) in [6.45, 7) is 2.36. The number of hydrogen-bond acceptors (Lipinski definition) is 4. The average molecular weight is 484 g/mol. The number of anilines is 1. The van der Waals surface area contributed by atoms with E-state index in [1.165, 1.54) is 0 Å². The first kappa shape index (κ1) is 23.0. The second-order valence-corrected chi connectivity index (χ2v) is 8.48. The molecule has 0 bridgehead atoms. The van der Waals surface area contributed by atoms with E-state index in [9.17, 15) is 9.59 Å². The van der Waals surface area contributed by atoms with E-state index in [2.05, 4.69) is 10.6 Å². The van der Waals surface area contributed by atoms with E-state index in [-0.39, 0.29) is 18.4 Å². The highest BCUT2D eigenvalue weighted by molar-refractivity contribution is 6.35. The van der Waals surface area contributed by atoms with Gasteiger partial charge in [-0.2, -0.15) is 0 Å². The van der Waals surface area contributed by atoms with Crippen LogP contribution < -0.4 is 20.3 Å². The number of carbonyl (C=O) groups excluding carboxylic acids is 2. The fourth-order valence-electron chi connectivity index (χ4n) is 3.54. The van der Waals surface area contributed by atoms with Crippen LogP contribution in [0.25, 0.3) is 0 Å². The van der Waals surface area contributed by atoms with Crippen molar-refractivity contribution in [2.45, 2.75) is 13.2 Å². The fourth-order valence-corrected chi connectivity index (χ4v) is 4.00. The summed E-state index contributed by atoms with van der Waals surface area (Å²) < 4.78 is 5.88. The number of para-hydroxylation sites is 1. The predicted octanol–water partition coefficient (Wildman–Crippen LogP) is 4.44. The Kier molecular flexibility index (Phi) is 7.37. The van der Waals surface area contributed by atoms with Gasteiger partial charge in [0.05, 0.1) is 12.1 Å². The van der Waals surface area contributed by atoms with Crippen LogP contribution in [0.1, 0.15) is 21.5 Å². The maximum atomic E-state index is 12.8. The van der Waals surface area contributed by atoms with E-state index in [1.807, 2.05) is 35.2 Å². The normalized spacial score (nSPS) is 13.4. The van der Waals surface area contributed by atoms with Gasteiger partial charge in [-0.1, -0.05) is 53.5 Å². The molecular formula is C25H23Cl2N3O3. The van der Waals surface area contributed by atoms with E-state index in [4.69, 9.17) is 27.9 Å². The molecule has 33 heavy (non-hydrogen) atoms. The highest BCUT2D eigenvalue weighted by atomic mass is 35.5. The Balaban J connectivity index is 1.36. The van der Waals surface area contributed by atoms with Crippen LogP contribution in [0.2, 0.25) is 10.0 Å². The molecule has 1 aliphatic rings. The SMILES string of the molecule is O=C1CN(c2ccc(CNC(=O)c3ccccc3OCc3ccc(Cl)cc3Cl)cc2)CCN1. The van der Waals surface area contributed by atoms with Crippen LogP contribution in [-0.2, 0) is 17.9 Å². The Hall–Kier alpha value is -3.22. The van der Waals surface area contributed by atoms with Crippen LogP contribution in [0.4, 0.5) is 5.69 Å². The van der Waals surface area contributed by atoms with Crippen LogP contribution in [0, 0.1) is 0 Å². The van der Waals surface area contributed by atoms with Crippen molar-refractivity contribution in [2.24, 2.45) is 0 Å². The number of halogens is 2. The highest BCUT2D eigenvalue weighted by Gasteiger charge is 2.16. The fraction of sp³-hybridized carbons (Fsp3) is 0.200. The molecule has 0 unspecified atom stereocenters. The molecule has 0 radical (unpaired) electrons. The third kappa shape index (κ3) is 5.97. The topological polar surface area (TPSA) is 70.7 Å². The van der Waals surface area contributed by atoms with Crippen molar-refractivity contribution in [2.75, 3.05) is 24.5 Å². The number of nitrogens with zero attached hydrogens (tertiary/aromatic N) is 1. The number of ether oxygens (including phenoxy) is 1. The molecule has 6 nitrogen and oxygen atoms in total. The first-order valence-corrected chi connectivity index (χ1v) is 11.3. The van der Waals surface area contributed by atoms with Crippen molar-refractivity contribution >= 4 is 40.7 Å². The first-order chi connectivity index (χ1) is 16.0. The van der Waals surface area contributed by atoms with Crippen molar-refractivity contribution < 1.29 is 14.3 Å². The molecule has 3 aromatic carbocycles. The molecule has 1 heterocycles. The smallest absolute Gasteiger partial charge is 0.255 e. The van der Waals surface area contributed by atoms with Crippen molar-refractivity contribution in [1.29, 1.82) is 0 Å². The number of amides is 2.